The van der Waals surface area contributed by atoms with Crippen molar-refractivity contribution in [2.24, 2.45) is 0 Å². The van der Waals surface area contributed by atoms with Crippen molar-refractivity contribution in [3.63, 3.8) is 0 Å². The molecule has 2 rings (SSSR count). The van der Waals surface area contributed by atoms with Gasteiger partial charge in [0.2, 0.25) is 0 Å². The second-order valence-corrected chi connectivity index (χ2v) is 5.37. The highest BCUT2D eigenvalue weighted by molar-refractivity contribution is 6.31. The summed E-state index contributed by atoms with van der Waals surface area (Å²) in [4.78, 5) is 2.23. The maximum absolute atomic E-state index is 6.16. The Morgan fingerprint density at radius 3 is 2.50 bits per heavy atom. The first-order chi connectivity index (χ1) is 9.65. The Labute approximate surface area is 130 Å². The molecule has 2 aromatic carbocycles. The molecule has 3 heteroatoms. The number of hydrogen-bond acceptors (Lipinski definition) is 1. The first kappa shape index (κ1) is 15.0. The zero-order chi connectivity index (χ0) is 14.5. The highest BCUT2D eigenvalue weighted by Crippen LogP contribution is 2.34. The van der Waals surface area contributed by atoms with Crippen molar-refractivity contribution in [3.8, 4) is 11.1 Å². The summed E-state index contributed by atoms with van der Waals surface area (Å²) >= 11 is 12.3. The average molecular weight is 306 g/mol. The van der Waals surface area contributed by atoms with E-state index in [2.05, 4.69) is 24.5 Å². The fourth-order valence-corrected chi connectivity index (χ4v) is 2.58. The maximum Gasteiger partial charge on any atom is 0.0463 e. The van der Waals surface area contributed by atoms with E-state index in [9.17, 15) is 0 Å². The average Bonchev–Trinajstić information content (AvgIpc) is 2.44. The highest BCUT2D eigenvalue weighted by atomic mass is 35.5. The number of likely N-dealkylation sites (N-methyl/N-ethyl adjacent to an activating group) is 1. The summed E-state index contributed by atoms with van der Waals surface area (Å²) in [5, 5.41) is 1.46. The van der Waals surface area contributed by atoms with Gasteiger partial charge in [-0.25, -0.2) is 0 Å². The molecule has 0 atom stereocenters. The molecule has 20 heavy (non-hydrogen) atoms. The molecule has 0 N–H and O–H groups in total. The summed E-state index contributed by atoms with van der Waals surface area (Å²) < 4.78 is 0. The fourth-order valence-electron chi connectivity index (χ4n) is 2.22. The number of rotatable bonds is 5. The van der Waals surface area contributed by atoms with E-state index in [-0.39, 0.29) is 0 Å². The van der Waals surface area contributed by atoms with Gasteiger partial charge in [0.15, 0.2) is 0 Å². The minimum atomic E-state index is 0.730. The van der Waals surface area contributed by atoms with E-state index in [4.69, 9.17) is 23.2 Å². The lowest BCUT2D eigenvalue weighted by Crippen LogP contribution is -2.23. The second kappa shape index (κ2) is 6.83. The van der Waals surface area contributed by atoms with Gasteiger partial charge in [0, 0.05) is 34.4 Å². The third-order valence-corrected chi connectivity index (χ3v) is 3.64. The molecule has 0 aliphatic heterocycles. The molecule has 0 aromatic heterocycles. The van der Waals surface area contributed by atoms with Crippen LogP contribution in [0.15, 0.2) is 55.1 Å². The molecule has 0 heterocycles. The van der Waals surface area contributed by atoms with E-state index in [1.807, 2.05) is 42.5 Å². The van der Waals surface area contributed by atoms with Crippen LogP contribution < -0.4 is 4.90 Å². The molecule has 0 unspecified atom stereocenters. The monoisotopic (exact) mass is 305 g/mol. The van der Waals surface area contributed by atoms with Crippen LogP contribution in [0, 0.1) is 0 Å². The lowest BCUT2D eigenvalue weighted by Gasteiger charge is -2.25. The molecule has 1 nitrogen and oxygen atoms in total. The van der Waals surface area contributed by atoms with Crippen LogP contribution in [0.2, 0.25) is 10.0 Å². The normalized spacial score (nSPS) is 10.3. The summed E-state index contributed by atoms with van der Waals surface area (Å²) in [5.74, 6) is 0. The van der Waals surface area contributed by atoms with Gasteiger partial charge in [-0.05, 0) is 36.8 Å². The fraction of sp³-hybridized carbons (Fsp3) is 0.176. The molecule has 104 valence electrons. The summed E-state index contributed by atoms with van der Waals surface area (Å²) in [6, 6.07) is 13.8. The molecule has 2 aromatic rings. The molecule has 0 radical (unpaired) electrons. The molecule has 0 saturated heterocycles. The van der Waals surface area contributed by atoms with Gasteiger partial charge >= 0.3 is 0 Å². The Morgan fingerprint density at radius 2 is 1.85 bits per heavy atom. The molecular weight excluding hydrogens is 289 g/mol. The molecule has 0 amide bonds. The van der Waals surface area contributed by atoms with Crippen molar-refractivity contribution in [2.75, 3.05) is 18.0 Å². The van der Waals surface area contributed by atoms with Crippen LogP contribution in [-0.2, 0) is 0 Å². The van der Waals surface area contributed by atoms with Gasteiger partial charge in [0.05, 0.1) is 0 Å². The second-order valence-electron chi connectivity index (χ2n) is 4.50. The SMILES string of the molecule is C=CCN(CC)c1cc(Cl)ccc1-c1cccc(Cl)c1. The van der Waals surface area contributed by atoms with Gasteiger partial charge in [-0.2, -0.15) is 0 Å². The van der Waals surface area contributed by atoms with Crippen molar-refractivity contribution in [1.82, 2.24) is 0 Å². The molecule has 0 saturated carbocycles. The van der Waals surface area contributed by atoms with Crippen LogP contribution in [-0.4, -0.2) is 13.1 Å². The maximum atomic E-state index is 6.16. The zero-order valence-corrected chi connectivity index (χ0v) is 13.0. The van der Waals surface area contributed by atoms with E-state index in [1.165, 1.54) is 0 Å². The van der Waals surface area contributed by atoms with Crippen molar-refractivity contribution in [2.45, 2.75) is 6.92 Å². The molecule has 0 bridgehead atoms. The quantitative estimate of drug-likeness (QED) is 0.643. The van der Waals surface area contributed by atoms with Crippen molar-refractivity contribution in [3.05, 3.63) is 65.2 Å². The van der Waals surface area contributed by atoms with Crippen LogP contribution in [0.25, 0.3) is 11.1 Å². The topological polar surface area (TPSA) is 3.24 Å². The van der Waals surface area contributed by atoms with Gasteiger partial charge in [-0.15, -0.1) is 6.58 Å². The summed E-state index contributed by atoms with van der Waals surface area (Å²) in [5.41, 5.74) is 3.31. The summed E-state index contributed by atoms with van der Waals surface area (Å²) in [6.45, 7) is 7.61. The zero-order valence-electron chi connectivity index (χ0n) is 11.4. The Hall–Kier alpha value is -1.44. The lowest BCUT2D eigenvalue weighted by atomic mass is 10.0. The summed E-state index contributed by atoms with van der Waals surface area (Å²) in [6.07, 6.45) is 1.89. The lowest BCUT2D eigenvalue weighted by molar-refractivity contribution is 0.908. The highest BCUT2D eigenvalue weighted by Gasteiger charge is 2.11. The van der Waals surface area contributed by atoms with Gasteiger partial charge in [0.1, 0.15) is 0 Å². The van der Waals surface area contributed by atoms with Crippen LogP contribution in [0.3, 0.4) is 0 Å². The molecule has 0 aliphatic rings. The smallest absolute Gasteiger partial charge is 0.0463 e. The third kappa shape index (κ3) is 3.36. The minimum absolute atomic E-state index is 0.730. The molecule has 0 spiro atoms. The first-order valence-electron chi connectivity index (χ1n) is 6.57. The van der Waals surface area contributed by atoms with Gasteiger partial charge in [-0.1, -0.05) is 47.5 Å². The molecule has 0 aliphatic carbocycles. The van der Waals surface area contributed by atoms with E-state index in [0.29, 0.717) is 0 Å². The van der Waals surface area contributed by atoms with Gasteiger partial charge in [0.25, 0.3) is 0 Å². The van der Waals surface area contributed by atoms with Crippen molar-refractivity contribution >= 4 is 28.9 Å². The predicted molar refractivity (Wildman–Crippen MR) is 90.0 cm³/mol. The molecule has 0 fully saturated rings. The Morgan fingerprint density at radius 1 is 1.10 bits per heavy atom. The van der Waals surface area contributed by atoms with Crippen LogP contribution >= 0.6 is 23.2 Å². The summed E-state index contributed by atoms with van der Waals surface area (Å²) in [7, 11) is 0. The van der Waals surface area contributed by atoms with E-state index in [1.54, 1.807) is 0 Å². The standard InChI is InChI=1S/C17H17Cl2N/c1-3-10-20(4-2)17-12-15(19)8-9-16(17)13-6-5-7-14(18)11-13/h3,5-9,11-12H,1,4,10H2,2H3. The van der Waals surface area contributed by atoms with Crippen LogP contribution in [0.5, 0.6) is 0 Å². The Kier molecular flexibility index (Phi) is 5.11. The Balaban J connectivity index is 2.55. The van der Waals surface area contributed by atoms with Crippen molar-refractivity contribution in [1.29, 1.82) is 0 Å². The number of nitrogens with zero attached hydrogens (tertiary/aromatic N) is 1. The van der Waals surface area contributed by atoms with Crippen LogP contribution in [0.4, 0.5) is 5.69 Å². The minimum Gasteiger partial charge on any atom is -0.368 e. The number of benzene rings is 2. The van der Waals surface area contributed by atoms with Crippen LogP contribution in [0.1, 0.15) is 6.92 Å². The number of halogens is 2. The van der Waals surface area contributed by atoms with E-state index >= 15 is 0 Å². The van der Waals surface area contributed by atoms with Gasteiger partial charge in [-0.3, -0.25) is 0 Å². The van der Waals surface area contributed by atoms with E-state index in [0.717, 1.165) is 39.9 Å². The predicted octanol–water partition coefficient (Wildman–Crippen LogP) is 5.67. The first-order valence-corrected chi connectivity index (χ1v) is 7.32. The number of anilines is 1. The number of hydrogen-bond donors (Lipinski definition) is 0. The Bertz CT molecular complexity index is 608. The third-order valence-electron chi connectivity index (χ3n) is 3.17. The van der Waals surface area contributed by atoms with Gasteiger partial charge < -0.3 is 4.90 Å². The largest absolute Gasteiger partial charge is 0.368 e. The van der Waals surface area contributed by atoms with E-state index < -0.39 is 0 Å². The van der Waals surface area contributed by atoms with Crippen molar-refractivity contribution < 1.29 is 0 Å². The molecular formula is C17H17Cl2N.